The van der Waals surface area contributed by atoms with E-state index in [1.54, 1.807) is 36.1 Å². The van der Waals surface area contributed by atoms with Crippen LogP contribution in [0.25, 0.3) is 0 Å². The van der Waals surface area contributed by atoms with E-state index in [4.69, 9.17) is 27.9 Å². The standard InChI is InChI=1S/C23H18Cl2N4O2S/c1-31-18-12-8-16(9-13-18)21(30)26-19-4-2-3-5-20(19)32-23-27-22(25)28-29(23)14-15-6-10-17(24)11-7-15/h2-13H,14H2,1H3,(H,26,30). The second-order valence-electron chi connectivity index (χ2n) is 6.73. The Labute approximate surface area is 199 Å². The number of amides is 1. The van der Waals surface area contributed by atoms with Gasteiger partial charge in [-0.3, -0.25) is 4.79 Å². The lowest BCUT2D eigenvalue weighted by Gasteiger charge is -2.11. The zero-order chi connectivity index (χ0) is 22.5. The van der Waals surface area contributed by atoms with E-state index in [1.807, 2.05) is 48.5 Å². The number of aromatic nitrogens is 3. The van der Waals surface area contributed by atoms with Crippen LogP contribution in [0.1, 0.15) is 15.9 Å². The maximum absolute atomic E-state index is 12.7. The molecule has 1 amide bonds. The van der Waals surface area contributed by atoms with E-state index in [9.17, 15) is 4.79 Å². The molecular weight excluding hydrogens is 467 g/mol. The van der Waals surface area contributed by atoms with E-state index in [0.717, 1.165) is 10.5 Å². The average molecular weight is 485 g/mol. The minimum atomic E-state index is -0.221. The Morgan fingerprint density at radius 3 is 2.47 bits per heavy atom. The van der Waals surface area contributed by atoms with Crippen LogP contribution in [0.15, 0.2) is 82.8 Å². The lowest BCUT2D eigenvalue weighted by atomic mass is 10.2. The first-order valence-corrected chi connectivity index (χ1v) is 11.2. The van der Waals surface area contributed by atoms with Gasteiger partial charge < -0.3 is 10.1 Å². The summed E-state index contributed by atoms with van der Waals surface area (Å²) in [5.74, 6) is 0.468. The Morgan fingerprint density at radius 1 is 1.03 bits per heavy atom. The zero-order valence-electron chi connectivity index (χ0n) is 17.0. The third-order valence-electron chi connectivity index (χ3n) is 4.55. The van der Waals surface area contributed by atoms with Crippen LogP contribution in [0.4, 0.5) is 5.69 Å². The topological polar surface area (TPSA) is 69.0 Å². The predicted octanol–water partition coefficient (Wildman–Crippen LogP) is 6.05. The number of nitrogens with zero attached hydrogens (tertiary/aromatic N) is 3. The van der Waals surface area contributed by atoms with Crippen LogP contribution in [0.3, 0.4) is 0 Å². The average Bonchev–Trinajstić information content (AvgIpc) is 3.15. The van der Waals surface area contributed by atoms with E-state index in [-0.39, 0.29) is 11.2 Å². The molecule has 0 fully saturated rings. The molecular formula is C23H18Cl2N4O2S. The molecule has 32 heavy (non-hydrogen) atoms. The number of para-hydroxylation sites is 1. The molecule has 0 saturated heterocycles. The van der Waals surface area contributed by atoms with Crippen molar-refractivity contribution in [1.82, 2.24) is 14.8 Å². The van der Waals surface area contributed by atoms with E-state index in [1.165, 1.54) is 11.8 Å². The van der Waals surface area contributed by atoms with Gasteiger partial charge in [-0.2, -0.15) is 4.98 Å². The molecule has 0 aliphatic heterocycles. The number of hydrogen-bond acceptors (Lipinski definition) is 5. The first-order chi connectivity index (χ1) is 15.5. The normalized spacial score (nSPS) is 10.7. The monoisotopic (exact) mass is 484 g/mol. The number of ether oxygens (including phenoxy) is 1. The zero-order valence-corrected chi connectivity index (χ0v) is 19.3. The van der Waals surface area contributed by atoms with Gasteiger partial charge in [-0.15, -0.1) is 5.10 Å². The van der Waals surface area contributed by atoms with Crippen LogP contribution in [0, 0.1) is 0 Å². The van der Waals surface area contributed by atoms with Crippen molar-refractivity contribution in [3.8, 4) is 5.75 Å². The minimum Gasteiger partial charge on any atom is -0.497 e. The second kappa shape index (κ2) is 10.1. The largest absolute Gasteiger partial charge is 0.497 e. The van der Waals surface area contributed by atoms with Gasteiger partial charge in [0.25, 0.3) is 5.91 Å². The van der Waals surface area contributed by atoms with Crippen molar-refractivity contribution in [2.75, 3.05) is 12.4 Å². The van der Waals surface area contributed by atoms with Crippen molar-refractivity contribution < 1.29 is 9.53 Å². The number of nitrogens with one attached hydrogen (secondary N) is 1. The summed E-state index contributed by atoms with van der Waals surface area (Å²) in [6.45, 7) is 0.486. The quantitative estimate of drug-likeness (QED) is 0.345. The van der Waals surface area contributed by atoms with Gasteiger partial charge in [0, 0.05) is 15.5 Å². The molecule has 0 spiro atoms. The van der Waals surface area contributed by atoms with Gasteiger partial charge in [-0.1, -0.05) is 35.9 Å². The Kier molecular flexibility index (Phi) is 6.99. The fourth-order valence-corrected chi connectivity index (χ4v) is 4.20. The third-order valence-corrected chi connectivity index (χ3v) is 6.02. The summed E-state index contributed by atoms with van der Waals surface area (Å²) in [5, 5.41) is 8.69. The first kappa shape index (κ1) is 22.2. The van der Waals surface area contributed by atoms with Gasteiger partial charge in [0.15, 0.2) is 5.16 Å². The van der Waals surface area contributed by atoms with Gasteiger partial charge in [-0.25, -0.2) is 4.68 Å². The van der Waals surface area contributed by atoms with Crippen molar-refractivity contribution in [1.29, 1.82) is 0 Å². The summed E-state index contributed by atoms with van der Waals surface area (Å²) in [6, 6.07) is 21.9. The summed E-state index contributed by atoms with van der Waals surface area (Å²) >= 11 is 13.4. The Hall–Kier alpha value is -3.00. The highest BCUT2D eigenvalue weighted by atomic mass is 35.5. The fourth-order valence-electron chi connectivity index (χ4n) is 2.94. The molecule has 1 aromatic heterocycles. The Morgan fingerprint density at radius 2 is 1.75 bits per heavy atom. The highest BCUT2D eigenvalue weighted by Crippen LogP contribution is 2.33. The van der Waals surface area contributed by atoms with Gasteiger partial charge in [0.05, 0.1) is 19.3 Å². The molecule has 6 nitrogen and oxygen atoms in total. The van der Waals surface area contributed by atoms with Gasteiger partial charge >= 0.3 is 0 Å². The summed E-state index contributed by atoms with van der Waals surface area (Å²) in [4.78, 5) is 17.9. The van der Waals surface area contributed by atoms with Gasteiger partial charge in [0.1, 0.15) is 5.75 Å². The number of anilines is 1. The fraction of sp³-hybridized carbons (Fsp3) is 0.0870. The van der Waals surface area contributed by atoms with E-state index < -0.39 is 0 Å². The Balaban J connectivity index is 1.54. The molecule has 4 rings (SSSR count). The molecule has 4 aromatic rings. The predicted molar refractivity (Wildman–Crippen MR) is 127 cm³/mol. The summed E-state index contributed by atoms with van der Waals surface area (Å²) < 4.78 is 6.87. The van der Waals surface area contributed by atoms with Crippen LogP contribution in [-0.4, -0.2) is 27.8 Å². The SMILES string of the molecule is COc1ccc(C(=O)Nc2ccccc2Sc2nc(Cl)nn2Cc2ccc(Cl)cc2)cc1. The number of benzene rings is 3. The highest BCUT2D eigenvalue weighted by molar-refractivity contribution is 7.99. The van der Waals surface area contributed by atoms with Crippen LogP contribution in [0.2, 0.25) is 10.3 Å². The van der Waals surface area contributed by atoms with Crippen molar-refractivity contribution in [3.05, 3.63) is 94.2 Å². The van der Waals surface area contributed by atoms with Crippen LogP contribution in [-0.2, 0) is 6.54 Å². The minimum absolute atomic E-state index is 0.154. The number of carbonyl (C=O) groups is 1. The molecule has 0 saturated carbocycles. The number of rotatable bonds is 7. The number of halogens is 2. The molecule has 0 radical (unpaired) electrons. The molecule has 3 aromatic carbocycles. The molecule has 1 N–H and O–H groups in total. The van der Waals surface area contributed by atoms with Gasteiger partial charge in [-0.05, 0) is 77.5 Å². The summed E-state index contributed by atoms with van der Waals surface area (Å²) in [6.07, 6.45) is 0. The van der Waals surface area contributed by atoms with Crippen LogP contribution in [0.5, 0.6) is 5.75 Å². The first-order valence-electron chi connectivity index (χ1n) is 9.59. The van der Waals surface area contributed by atoms with Crippen LogP contribution < -0.4 is 10.1 Å². The van der Waals surface area contributed by atoms with E-state index in [2.05, 4.69) is 15.4 Å². The lowest BCUT2D eigenvalue weighted by molar-refractivity contribution is 0.102. The van der Waals surface area contributed by atoms with E-state index in [0.29, 0.717) is 33.7 Å². The highest BCUT2D eigenvalue weighted by Gasteiger charge is 2.15. The molecule has 0 atom stereocenters. The third kappa shape index (κ3) is 5.43. The second-order valence-corrected chi connectivity index (χ2v) is 8.51. The van der Waals surface area contributed by atoms with Crippen molar-refractivity contribution in [3.63, 3.8) is 0 Å². The number of methoxy groups -OCH3 is 1. The molecule has 162 valence electrons. The maximum atomic E-state index is 12.7. The van der Waals surface area contributed by atoms with Crippen molar-refractivity contribution in [2.24, 2.45) is 0 Å². The number of carbonyl (C=O) groups excluding carboxylic acids is 1. The molecule has 9 heteroatoms. The van der Waals surface area contributed by atoms with Crippen molar-refractivity contribution in [2.45, 2.75) is 16.6 Å². The molecule has 1 heterocycles. The van der Waals surface area contributed by atoms with E-state index >= 15 is 0 Å². The summed E-state index contributed by atoms with van der Waals surface area (Å²) in [7, 11) is 1.58. The molecule has 0 unspecified atom stereocenters. The molecule has 0 aliphatic carbocycles. The Bertz CT molecular complexity index is 1230. The molecule has 0 aliphatic rings. The van der Waals surface area contributed by atoms with Crippen LogP contribution >= 0.6 is 35.0 Å². The smallest absolute Gasteiger partial charge is 0.255 e. The summed E-state index contributed by atoms with van der Waals surface area (Å²) in [5.41, 5.74) is 2.20. The maximum Gasteiger partial charge on any atom is 0.255 e. The van der Waals surface area contributed by atoms with Gasteiger partial charge in [0.2, 0.25) is 5.28 Å². The lowest BCUT2D eigenvalue weighted by Crippen LogP contribution is -2.12. The molecule has 0 bridgehead atoms. The number of hydrogen-bond donors (Lipinski definition) is 1. The van der Waals surface area contributed by atoms with Crippen molar-refractivity contribution >= 4 is 46.6 Å².